The average molecular weight is 211 g/mol. The average Bonchev–Trinajstić information content (AvgIpc) is 2.74. The molecule has 0 aliphatic heterocycles. The summed E-state index contributed by atoms with van der Waals surface area (Å²) in [6.07, 6.45) is 0. The van der Waals surface area contributed by atoms with Gasteiger partial charge in [-0.05, 0) is 42.5 Å². The van der Waals surface area contributed by atoms with Gasteiger partial charge in [0.15, 0.2) is 0 Å². The first-order valence-electron chi connectivity index (χ1n) is 4.95. The number of fused-ring (bicyclic) bond motifs is 1. The summed E-state index contributed by atoms with van der Waals surface area (Å²) in [5.41, 5.74) is 2.67. The molecule has 3 heteroatoms. The van der Waals surface area contributed by atoms with Crippen molar-refractivity contribution in [1.29, 1.82) is 0 Å². The van der Waals surface area contributed by atoms with Gasteiger partial charge in [-0.15, -0.1) is 0 Å². The lowest BCUT2D eigenvalue weighted by atomic mass is 10.1. The molecule has 0 bridgehead atoms. The van der Waals surface area contributed by atoms with Crippen LogP contribution in [0.25, 0.3) is 22.2 Å². The van der Waals surface area contributed by atoms with Crippen LogP contribution in [0.15, 0.2) is 42.5 Å². The van der Waals surface area contributed by atoms with Crippen LogP contribution in [0.4, 0.5) is 4.39 Å². The summed E-state index contributed by atoms with van der Waals surface area (Å²) in [4.78, 5) is 0. The first-order valence-corrected chi connectivity index (χ1v) is 4.95. The highest BCUT2D eigenvalue weighted by Gasteiger charge is 2.06. The highest BCUT2D eigenvalue weighted by atomic mass is 19.1. The minimum atomic E-state index is -0.239. The van der Waals surface area contributed by atoms with Gasteiger partial charge in [0.2, 0.25) is 0 Å². The molecule has 16 heavy (non-hydrogen) atoms. The van der Waals surface area contributed by atoms with Gasteiger partial charge in [0, 0.05) is 10.9 Å². The molecule has 0 saturated heterocycles. The Morgan fingerprint density at radius 1 is 1.12 bits per heavy atom. The summed E-state index contributed by atoms with van der Waals surface area (Å²) in [6, 6.07) is 14.9. The Bertz CT molecular complexity index is 626. The van der Waals surface area contributed by atoms with Gasteiger partial charge in [0.25, 0.3) is 0 Å². The van der Waals surface area contributed by atoms with E-state index >= 15 is 0 Å². The SMILES string of the molecule is Fc1ccc(-c2n[nH]c3c[c]ccc23)cc1. The van der Waals surface area contributed by atoms with Crippen molar-refractivity contribution in [1.82, 2.24) is 10.2 Å². The van der Waals surface area contributed by atoms with E-state index in [-0.39, 0.29) is 5.82 Å². The van der Waals surface area contributed by atoms with Gasteiger partial charge in [0.1, 0.15) is 5.82 Å². The molecule has 1 radical (unpaired) electrons. The summed E-state index contributed by atoms with van der Waals surface area (Å²) in [5.74, 6) is -0.239. The minimum absolute atomic E-state index is 0.239. The molecule has 3 rings (SSSR count). The second kappa shape index (κ2) is 3.45. The predicted molar refractivity (Wildman–Crippen MR) is 60.3 cm³/mol. The van der Waals surface area contributed by atoms with Crippen LogP contribution in [0, 0.1) is 11.9 Å². The summed E-state index contributed by atoms with van der Waals surface area (Å²) in [6.45, 7) is 0. The van der Waals surface area contributed by atoms with Gasteiger partial charge in [-0.25, -0.2) is 4.39 Å². The van der Waals surface area contributed by atoms with E-state index in [1.54, 1.807) is 12.1 Å². The smallest absolute Gasteiger partial charge is 0.123 e. The molecular formula is C13H8FN2. The van der Waals surface area contributed by atoms with Crippen molar-refractivity contribution in [3.63, 3.8) is 0 Å². The molecule has 0 aliphatic carbocycles. The van der Waals surface area contributed by atoms with Crippen LogP contribution < -0.4 is 0 Å². The maximum atomic E-state index is 12.8. The second-order valence-corrected chi connectivity index (χ2v) is 3.55. The van der Waals surface area contributed by atoms with Gasteiger partial charge in [-0.2, -0.15) is 5.10 Å². The fourth-order valence-electron chi connectivity index (χ4n) is 1.73. The Kier molecular flexibility index (Phi) is 1.96. The highest BCUT2D eigenvalue weighted by molar-refractivity contribution is 5.92. The quantitative estimate of drug-likeness (QED) is 0.658. The summed E-state index contributed by atoms with van der Waals surface area (Å²) in [5, 5.41) is 8.17. The molecule has 0 aliphatic rings. The number of nitrogens with one attached hydrogen (secondary N) is 1. The second-order valence-electron chi connectivity index (χ2n) is 3.55. The summed E-state index contributed by atoms with van der Waals surface area (Å²) in [7, 11) is 0. The van der Waals surface area contributed by atoms with Crippen LogP contribution in [0.1, 0.15) is 0 Å². The van der Waals surface area contributed by atoms with Crippen LogP contribution in [0.2, 0.25) is 0 Å². The summed E-state index contributed by atoms with van der Waals surface area (Å²) >= 11 is 0. The zero-order valence-corrected chi connectivity index (χ0v) is 8.37. The van der Waals surface area contributed by atoms with Crippen LogP contribution in [0.5, 0.6) is 0 Å². The summed E-state index contributed by atoms with van der Waals surface area (Å²) < 4.78 is 12.8. The molecule has 77 valence electrons. The third-order valence-corrected chi connectivity index (χ3v) is 2.53. The number of aromatic amines is 1. The van der Waals surface area contributed by atoms with E-state index in [1.807, 2.05) is 18.2 Å². The topological polar surface area (TPSA) is 28.7 Å². The third-order valence-electron chi connectivity index (χ3n) is 2.53. The van der Waals surface area contributed by atoms with Crippen LogP contribution in [0.3, 0.4) is 0 Å². The zero-order valence-electron chi connectivity index (χ0n) is 8.37. The van der Waals surface area contributed by atoms with Crippen molar-refractivity contribution in [3.8, 4) is 11.3 Å². The lowest BCUT2D eigenvalue weighted by Gasteiger charge is -1.97. The van der Waals surface area contributed by atoms with Gasteiger partial charge in [-0.1, -0.05) is 6.07 Å². The molecular weight excluding hydrogens is 203 g/mol. The molecule has 3 aromatic rings. The van der Waals surface area contributed by atoms with Gasteiger partial charge in [-0.3, -0.25) is 5.10 Å². The van der Waals surface area contributed by atoms with E-state index in [0.29, 0.717) is 0 Å². The molecule has 2 aromatic carbocycles. The van der Waals surface area contributed by atoms with Crippen molar-refractivity contribution in [2.24, 2.45) is 0 Å². The number of halogens is 1. The normalized spacial score (nSPS) is 10.8. The van der Waals surface area contributed by atoms with Crippen molar-refractivity contribution < 1.29 is 4.39 Å². The Hall–Kier alpha value is -2.16. The number of H-pyrrole nitrogens is 1. The number of nitrogens with zero attached hydrogens (tertiary/aromatic N) is 1. The van der Waals surface area contributed by atoms with E-state index < -0.39 is 0 Å². The van der Waals surface area contributed by atoms with E-state index in [0.717, 1.165) is 22.2 Å². The molecule has 0 fully saturated rings. The molecule has 2 nitrogen and oxygen atoms in total. The van der Waals surface area contributed by atoms with E-state index in [9.17, 15) is 4.39 Å². The number of hydrogen-bond acceptors (Lipinski definition) is 1. The fraction of sp³-hybridized carbons (Fsp3) is 0. The Morgan fingerprint density at radius 2 is 1.94 bits per heavy atom. The molecule has 1 N–H and O–H groups in total. The largest absolute Gasteiger partial charge is 0.277 e. The molecule has 0 saturated carbocycles. The molecule has 0 unspecified atom stereocenters. The van der Waals surface area contributed by atoms with E-state index in [4.69, 9.17) is 0 Å². The number of rotatable bonds is 1. The minimum Gasteiger partial charge on any atom is -0.277 e. The van der Waals surface area contributed by atoms with Crippen molar-refractivity contribution >= 4 is 10.9 Å². The van der Waals surface area contributed by atoms with E-state index in [1.165, 1.54) is 12.1 Å². The van der Waals surface area contributed by atoms with E-state index in [2.05, 4.69) is 16.3 Å². The lowest BCUT2D eigenvalue weighted by Crippen LogP contribution is -1.79. The van der Waals surface area contributed by atoms with Crippen molar-refractivity contribution in [2.45, 2.75) is 0 Å². The van der Waals surface area contributed by atoms with Crippen LogP contribution in [-0.2, 0) is 0 Å². The monoisotopic (exact) mass is 211 g/mol. The first kappa shape index (κ1) is 9.09. The standard InChI is InChI=1S/C13H8FN2/c14-10-7-5-9(6-8-10)13-11-3-1-2-4-12(11)15-16-13/h1,3-8H,(H,15,16). The molecule has 0 atom stereocenters. The van der Waals surface area contributed by atoms with Gasteiger partial charge in [0.05, 0.1) is 11.2 Å². The lowest BCUT2D eigenvalue weighted by molar-refractivity contribution is 0.628. The Labute approximate surface area is 91.7 Å². The zero-order chi connectivity index (χ0) is 11.0. The highest BCUT2D eigenvalue weighted by Crippen LogP contribution is 2.25. The molecule has 1 heterocycles. The van der Waals surface area contributed by atoms with Crippen molar-refractivity contribution in [3.05, 3.63) is 54.3 Å². The van der Waals surface area contributed by atoms with Gasteiger partial charge >= 0.3 is 0 Å². The Balaban J connectivity index is 2.22. The number of aromatic nitrogens is 2. The number of benzene rings is 2. The third kappa shape index (κ3) is 1.37. The molecule has 0 spiro atoms. The van der Waals surface area contributed by atoms with Crippen LogP contribution in [-0.4, -0.2) is 10.2 Å². The van der Waals surface area contributed by atoms with Crippen LogP contribution >= 0.6 is 0 Å². The maximum Gasteiger partial charge on any atom is 0.123 e. The number of hydrogen-bond donors (Lipinski definition) is 1. The maximum absolute atomic E-state index is 12.8. The first-order chi connectivity index (χ1) is 7.84. The van der Waals surface area contributed by atoms with Gasteiger partial charge < -0.3 is 0 Å². The fourth-order valence-corrected chi connectivity index (χ4v) is 1.73. The Morgan fingerprint density at radius 3 is 2.75 bits per heavy atom. The van der Waals surface area contributed by atoms with Crippen molar-refractivity contribution in [2.75, 3.05) is 0 Å². The molecule has 0 amide bonds. The predicted octanol–water partition coefficient (Wildman–Crippen LogP) is 3.17. The molecule has 1 aromatic heterocycles.